The molecular formula is C21H19FN6O2S. The van der Waals surface area contributed by atoms with Crippen molar-refractivity contribution in [1.29, 1.82) is 0 Å². The average molecular weight is 438 g/mol. The van der Waals surface area contributed by atoms with Crippen LogP contribution in [0.25, 0.3) is 11.2 Å². The molecule has 3 aromatic heterocycles. The van der Waals surface area contributed by atoms with Gasteiger partial charge in [-0.15, -0.1) is 16.4 Å². The van der Waals surface area contributed by atoms with Crippen molar-refractivity contribution >= 4 is 28.4 Å². The van der Waals surface area contributed by atoms with Crippen molar-refractivity contribution in [1.82, 2.24) is 29.9 Å². The number of carbonyl (C=O) groups excluding carboxylic acids is 1. The standard InChI is InChI=1S/C21H19FN6O2S/c22-15-7-5-13(6-8-15)11-28-19-17(25-26-28)20(29)24-18(23-19)14-3-1-9-27(12-14)21(30)16-4-2-10-31-16/h2,4-8,10,14H,1,3,9,11-12H2,(H,23,24,29)/t14-/m1/s1. The van der Waals surface area contributed by atoms with Crippen molar-refractivity contribution < 1.29 is 9.18 Å². The summed E-state index contributed by atoms with van der Waals surface area (Å²) in [6, 6.07) is 9.75. The molecule has 1 amide bonds. The molecule has 8 nitrogen and oxygen atoms in total. The van der Waals surface area contributed by atoms with E-state index in [1.165, 1.54) is 23.5 Å². The number of benzene rings is 1. The van der Waals surface area contributed by atoms with Gasteiger partial charge in [-0.1, -0.05) is 23.4 Å². The molecule has 0 saturated carbocycles. The number of aromatic nitrogens is 5. The number of nitrogens with zero attached hydrogens (tertiary/aromatic N) is 5. The maximum absolute atomic E-state index is 13.2. The Balaban J connectivity index is 1.43. The summed E-state index contributed by atoms with van der Waals surface area (Å²) in [4.78, 5) is 35.4. The van der Waals surface area contributed by atoms with Crippen LogP contribution >= 0.6 is 11.3 Å². The van der Waals surface area contributed by atoms with Gasteiger partial charge in [0, 0.05) is 19.0 Å². The van der Waals surface area contributed by atoms with Crippen molar-refractivity contribution in [2.24, 2.45) is 0 Å². The molecule has 4 heterocycles. The average Bonchev–Trinajstić information content (AvgIpc) is 3.46. The van der Waals surface area contributed by atoms with E-state index in [1.54, 1.807) is 16.8 Å². The zero-order valence-electron chi connectivity index (χ0n) is 16.5. The van der Waals surface area contributed by atoms with Crippen LogP contribution < -0.4 is 5.56 Å². The minimum atomic E-state index is -0.355. The summed E-state index contributed by atoms with van der Waals surface area (Å²) in [5, 5.41) is 9.91. The molecule has 1 fully saturated rings. The van der Waals surface area contributed by atoms with E-state index in [-0.39, 0.29) is 28.7 Å². The fraction of sp³-hybridized carbons (Fsp3) is 0.286. The predicted molar refractivity (Wildman–Crippen MR) is 114 cm³/mol. The molecule has 5 rings (SSSR count). The Kier molecular flexibility index (Phi) is 5.06. The zero-order valence-corrected chi connectivity index (χ0v) is 17.3. The number of H-pyrrole nitrogens is 1. The molecule has 1 aliphatic rings. The number of hydrogen-bond acceptors (Lipinski definition) is 6. The Hall–Kier alpha value is -3.40. The first-order valence-electron chi connectivity index (χ1n) is 9.99. The summed E-state index contributed by atoms with van der Waals surface area (Å²) in [7, 11) is 0. The Morgan fingerprint density at radius 3 is 2.87 bits per heavy atom. The molecule has 4 aromatic rings. The van der Waals surface area contributed by atoms with Gasteiger partial charge in [-0.3, -0.25) is 9.59 Å². The van der Waals surface area contributed by atoms with E-state index in [2.05, 4.69) is 20.3 Å². The third kappa shape index (κ3) is 3.86. The number of likely N-dealkylation sites (tertiary alicyclic amines) is 1. The van der Waals surface area contributed by atoms with Gasteiger partial charge < -0.3 is 9.88 Å². The van der Waals surface area contributed by atoms with E-state index in [0.717, 1.165) is 18.4 Å². The lowest BCUT2D eigenvalue weighted by molar-refractivity contribution is 0.0709. The molecule has 0 radical (unpaired) electrons. The normalized spacial score (nSPS) is 16.7. The lowest BCUT2D eigenvalue weighted by Crippen LogP contribution is -2.39. The highest BCUT2D eigenvalue weighted by molar-refractivity contribution is 7.12. The van der Waals surface area contributed by atoms with Crippen LogP contribution in [0.2, 0.25) is 0 Å². The van der Waals surface area contributed by atoms with Crippen molar-refractivity contribution in [2.45, 2.75) is 25.3 Å². The lowest BCUT2D eigenvalue weighted by atomic mass is 9.97. The Morgan fingerprint density at radius 2 is 2.10 bits per heavy atom. The highest BCUT2D eigenvalue weighted by Gasteiger charge is 2.28. The van der Waals surface area contributed by atoms with E-state index in [1.807, 2.05) is 22.4 Å². The van der Waals surface area contributed by atoms with Crippen LogP contribution in [0.15, 0.2) is 46.6 Å². The van der Waals surface area contributed by atoms with Gasteiger partial charge in [-0.05, 0) is 42.0 Å². The fourth-order valence-electron chi connectivity index (χ4n) is 3.89. The number of piperidine rings is 1. The van der Waals surface area contributed by atoms with Gasteiger partial charge in [0.05, 0.1) is 11.4 Å². The largest absolute Gasteiger partial charge is 0.337 e. The highest BCUT2D eigenvalue weighted by atomic mass is 32.1. The lowest BCUT2D eigenvalue weighted by Gasteiger charge is -2.31. The molecule has 1 aliphatic heterocycles. The number of amides is 1. The van der Waals surface area contributed by atoms with E-state index in [4.69, 9.17) is 0 Å². The first-order valence-corrected chi connectivity index (χ1v) is 10.9. The molecule has 1 N–H and O–H groups in total. The van der Waals surface area contributed by atoms with Crippen LogP contribution in [0.3, 0.4) is 0 Å². The SMILES string of the molecule is O=C(c1cccs1)N1CCC[C@@H](c2nc3c(nnn3Cc3ccc(F)cc3)c(=O)[nH]2)C1. The molecular weight excluding hydrogens is 419 g/mol. The Labute approximate surface area is 180 Å². The number of rotatable bonds is 4. The second-order valence-electron chi connectivity index (χ2n) is 7.56. The van der Waals surface area contributed by atoms with E-state index >= 15 is 0 Å². The van der Waals surface area contributed by atoms with Gasteiger partial charge in [0.25, 0.3) is 11.5 Å². The molecule has 0 aliphatic carbocycles. The first kappa shape index (κ1) is 19.6. The van der Waals surface area contributed by atoms with Crippen LogP contribution in [0.4, 0.5) is 4.39 Å². The molecule has 158 valence electrons. The molecule has 1 aromatic carbocycles. The summed E-state index contributed by atoms with van der Waals surface area (Å²) in [5.41, 5.74) is 1.01. The Morgan fingerprint density at radius 1 is 1.26 bits per heavy atom. The monoisotopic (exact) mass is 438 g/mol. The molecule has 0 spiro atoms. The maximum atomic E-state index is 13.2. The summed E-state index contributed by atoms with van der Waals surface area (Å²) in [6.45, 7) is 1.49. The number of halogens is 1. The van der Waals surface area contributed by atoms with Gasteiger partial charge in [0.2, 0.25) is 0 Å². The van der Waals surface area contributed by atoms with Crippen molar-refractivity contribution in [3.8, 4) is 0 Å². The summed E-state index contributed by atoms with van der Waals surface area (Å²) >= 11 is 1.42. The van der Waals surface area contributed by atoms with E-state index in [9.17, 15) is 14.0 Å². The quantitative estimate of drug-likeness (QED) is 0.529. The molecule has 0 bridgehead atoms. The van der Waals surface area contributed by atoms with Crippen LogP contribution in [-0.4, -0.2) is 48.9 Å². The van der Waals surface area contributed by atoms with Gasteiger partial charge in [-0.25, -0.2) is 14.1 Å². The van der Waals surface area contributed by atoms with Crippen LogP contribution in [0.5, 0.6) is 0 Å². The second-order valence-corrected chi connectivity index (χ2v) is 8.51. The second kappa shape index (κ2) is 8.03. The van der Waals surface area contributed by atoms with Gasteiger partial charge in [0.15, 0.2) is 11.2 Å². The number of aromatic amines is 1. The minimum absolute atomic E-state index is 0.00569. The van der Waals surface area contributed by atoms with Crippen molar-refractivity contribution in [3.63, 3.8) is 0 Å². The number of hydrogen-bond donors (Lipinski definition) is 1. The van der Waals surface area contributed by atoms with Crippen LogP contribution in [-0.2, 0) is 6.54 Å². The van der Waals surface area contributed by atoms with Crippen LogP contribution in [0.1, 0.15) is 39.8 Å². The highest BCUT2D eigenvalue weighted by Crippen LogP contribution is 2.26. The summed E-state index contributed by atoms with van der Waals surface area (Å²) in [5.74, 6) is 0.141. The third-order valence-corrected chi connectivity index (χ3v) is 6.32. The van der Waals surface area contributed by atoms with Gasteiger partial charge >= 0.3 is 0 Å². The molecule has 0 unspecified atom stereocenters. The summed E-state index contributed by atoms with van der Waals surface area (Å²) < 4.78 is 14.7. The van der Waals surface area contributed by atoms with Gasteiger partial charge in [-0.2, -0.15) is 0 Å². The smallest absolute Gasteiger partial charge is 0.281 e. The molecule has 10 heteroatoms. The predicted octanol–water partition coefficient (Wildman–Crippen LogP) is 2.78. The van der Waals surface area contributed by atoms with E-state index in [0.29, 0.717) is 36.0 Å². The number of fused-ring (bicyclic) bond motifs is 1. The minimum Gasteiger partial charge on any atom is -0.337 e. The number of thiophene rings is 1. The topological polar surface area (TPSA) is 96.8 Å². The van der Waals surface area contributed by atoms with Crippen LogP contribution in [0, 0.1) is 5.82 Å². The fourth-order valence-corrected chi connectivity index (χ4v) is 4.58. The number of nitrogens with one attached hydrogen (secondary N) is 1. The first-order chi connectivity index (χ1) is 15.1. The third-order valence-electron chi connectivity index (χ3n) is 5.46. The summed E-state index contributed by atoms with van der Waals surface area (Å²) in [6.07, 6.45) is 1.65. The van der Waals surface area contributed by atoms with Crippen molar-refractivity contribution in [2.75, 3.05) is 13.1 Å². The molecule has 1 saturated heterocycles. The van der Waals surface area contributed by atoms with E-state index < -0.39 is 0 Å². The molecule has 1 atom stereocenters. The number of carbonyl (C=O) groups is 1. The van der Waals surface area contributed by atoms with Gasteiger partial charge in [0.1, 0.15) is 11.6 Å². The zero-order chi connectivity index (χ0) is 21.4. The Bertz CT molecular complexity index is 1280. The molecule has 31 heavy (non-hydrogen) atoms. The maximum Gasteiger partial charge on any atom is 0.281 e. The van der Waals surface area contributed by atoms with Crippen molar-refractivity contribution in [3.05, 3.63) is 74.2 Å².